The first kappa shape index (κ1) is 18.7. The summed E-state index contributed by atoms with van der Waals surface area (Å²) in [5.74, 6) is -0.733. The number of nitrogens with two attached hydrogens (primary N) is 1. The molecule has 3 aromatic rings. The number of nitrogens with zero attached hydrogens (tertiary/aromatic N) is 2. The maximum absolute atomic E-state index is 12.6. The molecule has 0 radical (unpaired) electrons. The number of nitrogens with one attached hydrogen (secondary N) is 1. The molecule has 0 saturated heterocycles. The highest BCUT2D eigenvalue weighted by Crippen LogP contribution is 2.19. The fourth-order valence-electron chi connectivity index (χ4n) is 2.85. The number of hydrogen-bond acceptors (Lipinski definition) is 3. The van der Waals surface area contributed by atoms with Crippen LogP contribution in [0.4, 0.5) is 0 Å². The second-order valence-electron chi connectivity index (χ2n) is 6.00. The third kappa shape index (κ3) is 4.17. The van der Waals surface area contributed by atoms with Crippen molar-refractivity contribution in [3.05, 3.63) is 82.1 Å². The third-order valence-electron chi connectivity index (χ3n) is 4.17. The predicted molar refractivity (Wildman–Crippen MR) is 104 cm³/mol. The van der Waals surface area contributed by atoms with E-state index < -0.39 is 5.91 Å². The van der Waals surface area contributed by atoms with Crippen molar-refractivity contribution in [3.63, 3.8) is 0 Å². The van der Waals surface area contributed by atoms with Crippen LogP contribution in [0.3, 0.4) is 0 Å². The van der Waals surface area contributed by atoms with Gasteiger partial charge in [-0.1, -0.05) is 36.7 Å². The van der Waals surface area contributed by atoms with Crippen LogP contribution in [0.1, 0.15) is 38.9 Å². The van der Waals surface area contributed by atoms with E-state index in [9.17, 15) is 9.59 Å². The minimum absolute atomic E-state index is 0.232. The molecule has 138 valence electrons. The fraction of sp³-hybridized carbons (Fsp3) is 0.150. The molecule has 0 aliphatic rings. The summed E-state index contributed by atoms with van der Waals surface area (Å²) in [5, 5.41) is 7.81. The number of hydrogen-bond donors (Lipinski definition) is 2. The van der Waals surface area contributed by atoms with Crippen molar-refractivity contribution in [2.45, 2.75) is 19.9 Å². The largest absolute Gasteiger partial charge is 0.366 e. The highest BCUT2D eigenvalue weighted by atomic mass is 35.5. The van der Waals surface area contributed by atoms with E-state index in [1.807, 2.05) is 25.1 Å². The minimum atomic E-state index is -0.501. The molecule has 27 heavy (non-hydrogen) atoms. The standard InChI is InChI=1S/C20H19ClN4O2/c1-2-18-17(12-24-25(18)16-8-4-7-15(21)10-16)20(27)23-11-13-5-3-6-14(9-13)19(22)26/h3-10,12H,2,11H2,1H3,(H2,22,26)(H,23,27). The number of rotatable bonds is 6. The first-order valence-electron chi connectivity index (χ1n) is 8.49. The lowest BCUT2D eigenvalue weighted by molar-refractivity contribution is 0.0949. The summed E-state index contributed by atoms with van der Waals surface area (Å²) in [5.41, 5.74) is 8.58. The van der Waals surface area contributed by atoms with Crippen molar-refractivity contribution in [2.24, 2.45) is 5.73 Å². The highest BCUT2D eigenvalue weighted by molar-refractivity contribution is 6.30. The van der Waals surface area contributed by atoms with Crippen molar-refractivity contribution < 1.29 is 9.59 Å². The predicted octanol–water partition coefficient (Wildman–Crippen LogP) is 3.12. The van der Waals surface area contributed by atoms with Crippen LogP contribution in [0.25, 0.3) is 5.69 Å². The van der Waals surface area contributed by atoms with Crippen LogP contribution in [0.5, 0.6) is 0 Å². The molecule has 7 heteroatoms. The minimum Gasteiger partial charge on any atom is -0.366 e. The average molecular weight is 383 g/mol. The number of halogens is 1. The van der Waals surface area contributed by atoms with Gasteiger partial charge in [-0.2, -0.15) is 5.10 Å². The Balaban J connectivity index is 1.79. The molecular formula is C20H19ClN4O2. The van der Waals surface area contributed by atoms with E-state index in [0.717, 1.165) is 16.9 Å². The maximum Gasteiger partial charge on any atom is 0.255 e. The molecular weight excluding hydrogens is 364 g/mol. The Morgan fingerprint density at radius 3 is 2.67 bits per heavy atom. The molecule has 0 atom stereocenters. The third-order valence-corrected chi connectivity index (χ3v) is 4.40. The van der Waals surface area contributed by atoms with Gasteiger partial charge in [0, 0.05) is 17.1 Å². The Morgan fingerprint density at radius 2 is 1.96 bits per heavy atom. The van der Waals surface area contributed by atoms with Crippen LogP contribution in [0, 0.1) is 0 Å². The van der Waals surface area contributed by atoms with Crippen LogP contribution < -0.4 is 11.1 Å². The van der Waals surface area contributed by atoms with Crippen LogP contribution in [0.15, 0.2) is 54.7 Å². The molecule has 1 heterocycles. The molecule has 0 saturated carbocycles. The average Bonchev–Trinajstić information content (AvgIpc) is 3.10. The smallest absolute Gasteiger partial charge is 0.255 e. The second-order valence-corrected chi connectivity index (χ2v) is 6.43. The van der Waals surface area contributed by atoms with E-state index in [2.05, 4.69) is 10.4 Å². The molecule has 0 aliphatic carbocycles. The summed E-state index contributed by atoms with van der Waals surface area (Å²) < 4.78 is 1.72. The molecule has 6 nitrogen and oxygen atoms in total. The van der Waals surface area contributed by atoms with Crippen LogP contribution in [-0.2, 0) is 13.0 Å². The van der Waals surface area contributed by atoms with Crippen LogP contribution in [-0.4, -0.2) is 21.6 Å². The van der Waals surface area contributed by atoms with Gasteiger partial charge in [-0.15, -0.1) is 0 Å². The van der Waals surface area contributed by atoms with Crippen molar-refractivity contribution in [1.29, 1.82) is 0 Å². The molecule has 2 amide bonds. The zero-order valence-electron chi connectivity index (χ0n) is 14.8. The van der Waals surface area contributed by atoms with Gasteiger partial charge in [0.2, 0.25) is 5.91 Å². The van der Waals surface area contributed by atoms with Gasteiger partial charge in [0.25, 0.3) is 5.91 Å². The van der Waals surface area contributed by atoms with Gasteiger partial charge in [-0.25, -0.2) is 4.68 Å². The van der Waals surface area contributed by atoms with Crippen molar-refractivity contribution in [2.75, 3.05) is 0 Å². The van der Waals surface area contributed by atoms with Gasteiger partial charge in [-0.3, -0.25) is 9.59 Å². The Labute approximate surface area is 161 Å². The van der Waals surface area contributed by atoms with Crippen LogP contribution in [0.2, 0.25) is 5.02 Å². The monoisotopic (exact) mass is 382 g/mol. The highest BCUT2D eigenvalue weighted by Gasteiger charge is 2.17. The lowest BCUT2D eigenvalue weighted by atomic mass is 10.1. The van der Waals surface area contributed by atoms with Crippen molar-refractivity contribution >= 4 is 23.4 Å². The summed E-state index contributed by atoms with van der Waals surface area (Å²) >= 11 is 6.06. The topological polar surface area (TPSA) is 90.0 Å². The lowest BCUT2D eigenvalue weighted by Gasteiger charge is -2.09. The molecule has 0 bridgehead atoms. The van der Waals surface area contributed by atoms with E-state index in [1.165, 1.54) is 0 Å². The van der Waals surface area contributed by atoms with E-state index in [1.54, 1.807) is 41.2 Å². The molecule has 2 aromatic carbocycles. The van der Waals surface area contributed by atoms with Gasteiger partial charge in [0.1, 0.15) is 0 Å². The summed E-state index contributed by atoms with van der Waals surface area (Å²) in [6.45, 7) is 2.25. The number of benzene rings is 2. The zero-order valence-corrected chi connectivity index (χ0v) is 15.5. The van der Waals surface area contributed by atoms with E-state index in [-0.39, 0.29) is 12.5 Å². The van der Waals surface area contributed by atoms with Gasteiger partial charge < -0.3 is 11.1 Å². The first-order chi connectivity index (χ1) is 13.0. The maximum atomic E-state index is 12.6. The normalized spacial score (nSPS) is 10.6. The summed E-state index contributed by atoms with van der Waals surface area (Å²) in [6, 6.07) is 14.2. The SMILES string of the molecule is CCc1c(C(=O)NCc2cccc(C(N)=O)c2)cnn1-c1cccc(Cl)c1. The first-order valence-corrected chi connectivity index (χ1v) is 8.87. The molecule has 3 rings (SSSR count). The molecule has 0 fully saturated rings. The van der Waals surface area contributed by atoms with Gasteiger partial charge >= 0.3 is 0 Å². The number of carbonyl (C=O) groups excluding carboxylic acids is 2. The number of primary amides is 1. The molecule has 0 spiro atoms. The zero-order chi connectivity index (χ0) is 19.4. The molecule has 1 aromatic heterocycles. The van der Waals surface area contributed by atoms with Crippen molar-refractivity contribution in [3.8, 4) is 5.69 Å². The summed E-state index contributed by atoms with van der Waals surface area (Å²) in [4.78, 5) is 23.9. The molecule has 0 unspecified atom stereocenters. The summed E-state index contributed by atoms with van der Waals surface area (Å²) in [7, 11) is 0. The number of carbonyl (C=O) groups is 2. The number of amides is 2. The molecule has 3 N–H and O–H groups in total. The Hall–Kier alpha value is -3.12. The Bertz CT molecular complexity index is 997. The molecule has 0 aliphatic heterocycles. The van der Waals surface area contributed by atoms with E-state index in [0.29, 0.717) is 22.6 Å². The number of aromatic nitrogens is 2. The lowest BCUT2D eigenvalue weighted by Crippen LogP contribution is -2.24. The fourth-order valence-corrected chi connectivity index (χ4v) is 3.03. The quantitative estimate of drug-likeness (QED) is 0.686. The van der Waals surface area contributed by atoms with Crippen LogP contribution >= 0.6 is 11.6 Å². The van der Waals surface area contributed by atoms with Gasteiger partial charge in [0.05, 0.1) is 23.1 Å². The van der Waals surface area contributed by atoms with E-state index in [4.69, 9.17) is 17.3 Å². The van der Waals surface area contributed by atoms with Gasteiger partial charge in [0.15, 0.2) is 0 Å². The van der Waals surface area contributed by atoms with Crippen molar-refractivity contribution in [1.82, 2.24) is 15.1 Å². The summed E-state index contributed by atoms with van der Waals surface area (Å²) in [6.07, 6.45) is 2.18. The Kier molecular flexibility index (Phi) is 5.57. The second kappa shape index (κ2) is 8.05. The van der Waals surface area contributed by atoms with Gasteiger partial charge in [-0.05, 0) is 42.3 Å². The Morgan fingerprint density at radius 1 is 1.19 bits per heavy atom. The van der Waals surface area contributed by atoms with E-state index >= 15 is 0 Å².